The molecule has 0 bridgehead atoms. The van der Waals surface area contributed by atoms with Gasteiger partial charge in [-0.15, -0.1) is 52.4 Å². The van der Waals surface area contributed by atoms with Crippen molar-refractivity contribution in [2.75, 3.05) is 0 Å². The number of hydrogen-bond acceptors (Lipinski definition) is 4. The molecule has 0 unspecified atom stereocenters. The molecule has 0 N–H and O–H groups in total. The van der Waals surface area contributed by atoms with Gasteiger partial charge in [0.1, 0.15) is 0 Å². The summed E-state index contributed by atoms with van der Waals surface area (Å²) in [6, 6.07) is 21.6. The molecule has 0 aliphatic rings. The van der Waals surface area contributed by atoms with Crippen molar-refractivity contribution in [2.24, 2.45) is 0 Å². The van der Waals surface area contributed by atoms with E-state index in [0.717, 1.165) is 50.8 Å². The van der Waals surface area contributed by atoms with Crippen molar-refractivity contribution in [3.05, 3.63) is 112 Å². The Kier molecular flexibility index (Phi) is 9.07. The van der Waals surface area contributed by atoms with Crippen LogP contribution in [0.25, 0.3) is 43.5 Å². The van der Waals surface area contributed by atoms with Crippen molar-refractivity contribution in [3.63, 3.8) is 0 Å². The van der Waals surface area contributed by atoms with Crippen LogP contribution in [0.3, 0.4) is 0 Å². The molecule has 39 heavy (non-hydrogen) atoms. The van der Waals surface area contributed by atoms with Crippen molar-refractivity contribution < 1.29 is 20.1 Å². The van der Waals surface area contributed by atoms with E-state index in [4.69, 9.17) is 0 Å². The first-order chi connectivity index (χ1) is 18.3. The second-order valence-electron chi connectivity index (χ2n) is 9.84. The maximum absolute atomic E-state index is 4.67. The third-order valence-electron chi connectivity index (χ3n) is 7.00. The molecule has 0 aliphatic carbocycles. The van der Waals surface area contributed by atoms with Crippen molar-refractivity contribution in [3.8, 4) is 22.5 Å². The monoisotopic (exact) mass is 706 g/mol. The van der Waals surface area contributed by atoms with Gasteiger partial charge >= 0.3 is 0 Å². The molecule has 6 rings (SSSR count). The Hall–Kier alpha value is -3.24. The number of aromatic nitrogens is 3. The number of hydrogen-bond donors (Lipinski definition) is 0. The number of pyridine rings is 3. The van der Waals surface area contributed by atoms with Crippen LogP contribution in [0.5, 0.6) is 0 Å². The van der Waals surface area contributed by atoms with E-state index in [9.17, 15) is 0 Å². The van der Waals surface area contributed by atoms with Crippen LogP contribution >= 0.6 is 11.3 Å². The largest absolute Gasteiger partial charge is 0.304 e. The quantitative estimate of drug-likeness (QED) is 0.173. The van der Waals surface area contributed by atoms with Gasteiger partial charge in [0, 0.05) is 49.9 Å². The van der Waals surface area contributed by atoms with E-state index in [1.54, 1.807) is 11.3 Å². The van der Waals surface area contributed by atoms with Gasteiger partial charge in [0.25, 0.3) is 0 Å². The second kappa shape index (κ2) is 12.3. The number of thiophene rings is 1. The molecular formula is C34H31IrN3S-2. The summed E-state index contributed by atoms with van der Waals surface area (Å²) in [4.78, 5) is 13.7. The molecule has 3 nitrogen and oxygen atoms in total. The van der Waals surface area contributed by atoms with Gasteiger partial charge in [0.2, 0.25) is 0 Å². The average Bonchev–Trinajstić information content (AvgIpc) is 3.40. The Balaban J connectivity index is 0.000000186. The van der Waals surface area contributed by atoms with Gasteiger partial charge < -0.3 is 4.98 Å². The van der Waals surface area contributed by atoms with Crippen molar-refractivity contribution >= 4 is 32.3 Å². The third-order valence-corrected chi connectivity index (χ3v) is 7.92. The number of aryl methyl sites for hydroxylation is 6. The van der Waals surface area contributed by atoms with E-state index in [2.05, 4.69) is 110 Å². The first kappa shape index (κ1) is 28.8. The molecule has 199 valence electrons. The first-order valence-electron chi connectivity index (χ1n) is 12.9. The van der Waals surface area contributed by atoms with Crippen LogP contribution in [-0.4, -0.2) is 15.0 Å². The predicted molar refractivity (Wildman–Crippen MR) is 161 cm³/mol. The standard InChI is InChI=1S/C19H15N2S.C15H16N.Ir/c1-3-13-4-6-20-17(9-13)15-10-14-5-7-22-19(14)18-16(15)8-12(2)11-21-18;1-10-5-6-14(7-11(10)2)15-8-12(3)13(4)9-16-15;/h4-9,11H,3H2,1-2H3;5,7-9H,1-4H3;/q2*-1;. The van der Waals surface area contributed by atoms with Gasteiger partial charge in [-0.3, -0.25) is 9.97 Å². The number of benzene rings is 2. The van der Waals surface area contributed by atoms with Crippen LogP contribution in [0, 0.1) is 46.8 Å². The molecule has 0 saturated carbocycles. The fourth-order valence-corrected chi connectivity index (χ4v) is 5.22. The van der Waals surface area contributed by atoms with Crippen LogP contribution in [-0.2, 0) is 26.5 Å². The summed E-state index contributed by atoms with van der Waals surface area (Å²) in [6.07, 6.45) is 6.75. The Morgan fingerprint density at radius 3 is 2.33 bits per heavy atom. The molecule has 1 radical (unpaired) electrons. The van der Waals surface area contributed by atoms with E-state index in [0.29, 0.717) is 0 Å². The van der Waals surface area contributed by atoms with Crippen molar-refractivity contribution in [2.45, 2.75) is 48.0 Å². The van der Waals surface area contributed by atoms with E-state index >= 15 is 0 Å². The maximum Gasteiger partial charge on any atom is 0.0283 e. The molecule has 2 aromatic carbocycles. The van der Waals surface area contributed by atoms with E-state index in [1.807, 2.05) is 24.7 Å². The Bertz CT molecular complexity index is 1720. The minimum absolute atomic E-state index is 0. The Morgan fingerprint density at radius 1 is 0.795 bits per heavy atom. The normalized spacial score (nSPS) is 10.7. The van der Waals surface area contributed by atoms with Crippen molar-refractivity contribution in [1.82, 2.24) is 15.0 Å². The zero-order valence-corrected chi connectivity index (χ0v) is 26.4. The second-order valence-corrected chi connectivity index (χ2v) is 10.8. The summed E-state index contributed by atoms with van der Waals surface area (Å²) >= 11 is 1.72. The molecule has 0 atom stereocenters. The minimum atomic E-state index is 0. The molecule has 0 fully saturated rings. The van der Waals surface area contributed by atoms with Crippen LogP contribution in [0.15, 0.2) is 66.4 Å². The Morgan fingerprint density at radius 2 is 1.59 bits per heavy atom. The molecule has 0 amide bonds. The van der Waals surface area contributed by atoms with Crippen LogP contribution in [0.2, 0.25) is 0 Å². The molecule has 4 heterocycles. The third kappa shape index (κ3) is 6.17. The molecule has 5 heteroatoms. The summed E-state index contributed by atoms with van der Waals surface area (Å²) < 4.78 is 1.20. The Labute approximate surface area is 248 Å². The summed E-state index contributed by atoms with van der Waals surface area (Å²) in [6.45, 7) is 12.6. The number of rotatable bonds is 3. The maximum atomic E-state index is 4.67. The van der Waals surface area contributed by atoms with Gasteiger partial charge in [-0.1, -0.05) is 61.0 Å². The summed E-state index contributed by atoms with van der Waals surface area (Å²) in [5.74, 6) is 0. The summed E-state index contributed by atoms with van der Waals surface area (Å²) in [5, 5.41) is 4.35. The topological polar surface area (TPSA) is 38.7 Å². The van der Waals surface area contributed by atoms with Gasteiger partial charge in [-0.2, -0.15) is 11.3 Å². The van der Waals surface area contributed by atoms with E-state index < -0.39 is 0 Å². The predicted octanol–water partition coefficient (Wildman–Crippen LogP) is 8.96. The van der Waals surface area contributed by atoms with E-state index in [1.165, 1.54) is 32.5 Å². The fraction of sp³-hybridized carbons (Fsp3) is 0.206. The number of nitrogens with zero attached hydrogens (tertiary/aromatic N) is 3. The number of fused-ring (bicyclic) bond motifs is 3. The fourth-order valence-electron chi connectivity index (χ4n) is 4.36. The van der Waals surface area contributed by atoms with Gasteiger partial charge in [0.15, 0.2) is 0 Å². The summed E-state index contributed by atoms with van der Waals surface area (Å²) in [5.41, 5.74) is 12.7. The first-order valence-corrected chi connectivity index (χ1v) is 13.8. The molecule has 0 spiro atoms. The van der Waals surface area contributed by atoms with Gasteiger partial charge in [-0.05, 0) is 60.2 Å². The molecule has 4 aromatic heterocycles. The molecular weight excluding hydrogens is 675 g/mol. The van der Waals surface area contributed by atoms with Crippen LogP contribution < -0.4 is 0 Å². The van der Waals surface area contributed by atoms with E-state index in [-0.39, 0.29) is 20.1 Å². The van der Waals surface area contributed by atoms with Crippen molar-refractivity contribution in [1.29, 1.82) is 0 Å². The molecule has 0 saturated heterocycles. The zero-order chi connectivity index (χ0) is 26.8. The van der Waals surface area contributed by atoms with Gasteiger partial charge in [0.05, 0.1) is 0 Å². The molecule has 6 aromatic rings. The SMILES string of the molecule is CCc1ccnc(-c2[c-]c3ccsc3c3ncc(C)cc23)c1.Cc1c[c-]c(-c2cc(C)c(C)cn2)cc1C.[Ir]. The van der Waals surface area contributed by atoms with Crippen LogP contribution in [0.1, 0.15) is 40.3 Å². The molecule has 0 aliphatic heterocycles. The minimum Gasteiger partial charge on any atom is -0.304 e. The zero-order valence-electron chi connectivity index (χ0n) is 23.1. The summed E-state index contributed by atoms with van der Waals surface area (Å²) in [7, 11) is 0. The van der Waals surface area contributed by atoms with Crippen LogP contribution in [0.4, 0.5) is 0 Å². The van der Waals surface area contributed by atoms with Gasteiger partial charge in [-0.25, -0.2) is 0 Å². The average molecular weight is 706 g/mol. The smallest absolute Gasteiger partial charge is 0.0283 e.